The molecule has 3 unspecified atom stereocenters. The van der Waals surface area contributed by atoms with E-state index in [1.54, 1.807) is 12.2 Å². The van der Waals surface area contributed by atoms with Gasteiger partial charge in [0.2, 0.25) is 0 Å². The minimum absolute atomic E-state index is 0.0996. The van der Waals surface area contributed by atoms with Crippen LogP contribution < -0.4 is 0 Å². The van der Waals surface area contributed by atoms with E-state index in [1.807, 2.05) is 6.08 Å². The summed E-state index contributed by atoms with van der Waals surface area (Å²) in [5.41, 5.74) is 0. The molecule has 0 aromatic carbocycles. The minimum atomic E-state index is -0.614. The number of hydrogen-bond donors (Lipinski definition) is 2. The summed E-state index contributed by atoms with van der Waals surface area (Å²) >= 11 is 0. The molecule has 108 valence electrons. The zero-order valence-corrected chi connectivity index (χ0v) is 11.8. The second-order valence-corrected chi connectivity index (χ2v) is 5.39. The highest BCUT2D eigenvalue weighted by Crippen LogP contribution is 2.33. The molecule has 1 aliphatic rings. The molecule has 3 nitrogen and oxygen atoms in total. The van der Waals surface area contributed by atoms with Crippen molar-refractivity contribution >= 4 is 5.78 Å². The van der Waals surface area contributed by atoms with Crippen LogP contribution in [0.3, 0.4) is 0 Å². The highest BCUT2D eigenvalue weighted by molar-refractivity contribution is 5.84. The molecule has 1 fully saturated rings. The van der Waals surface area contributed by atoms with Crippen molar-refractivity contribution in [2.75, 3.05) is 0 Å². The van der Waals surface area contributed by atoms with Gasteiger partial charge >= 0.3 is 0 Å². The third kappa shape index (κ3) is 4.92. The van der Waals surface area contributed by atoms with Crippen LogP contribution in [0.2, 0.25) is 0 Å². The molecule has 1 aliphatic carbocycles. The molecule has 4 atom stereocenters. The second-order valence-electron chi connectivity index (χ2n) is 5.39. The highest BCUT2D eigenvalue weighted by atomic mass is 16.3. The maximum Gasteiger partial charge on any atom is 0.139 e. The summed E-state index contributed by atoms with van der Waals surface area (Å²) in [6.07, 6.45) is 9.00. The number of hydrogen-bond acceptors (Lipinski definition) is 3. The van der Waals surface area contributed by atoms with Crippen LogP contribution >= 0.6 is 0 Å². The van der Waals surface area contributed by atoms with Crippen molar-refractivity contribution in [3.8, 4) is 0 Å². The molecule has 0 aromatic heterocycles. The topological polar surface area (TPSA) is 57.5 Å². The van der Waals surface area contributed by atoms with Crippen molar-refractivity contribution < 1.29 is 15.0 Å². The second kappa shape index (κ2) is 8.28. The van der Waals surface area contributed by atoms with Crippen molar-refractivity contribution in [1.82, 2.24) is 0 Å². The van der Waals surface area contributed by atoms with E-state index in [1.165, 1.54) is 0 Å². The molecule has 3 heteroatoms. The van der Waals surface area contributed by atoms with Gasteiger partial charge in [0.05, 0.1) is 12.2 Å². The average molecular weight is 266 g/mol. The average Bonchev–Trinajstić information content (AvgIpc) is 2.63. The quantitative estimate of drug-likeness (QED) is 0.524. The summed E-state index contributed by atoms with van der Waals surface area (Å²) in [5.74, 6) is -0.250. The Kier molecular flexibility index (Phi) is 7.03. The van der Waals surface area contributed by atoms with Gasteiger partial charge in [0.1, 0.15) is 5.78 Å². The Morgan fingerprint density at radius 1 is 1.47 bits per heavy atom. The number of allylic oxidation sites excluding steroid dienone is 1. The largest absolute Gasteiger partial charge is 0.392 e. The Morgan fingerprint density at radius 3 is 2.84 bits per heavy atom. The molecule has 2 N–H and O–H groups in total. The fourth-order valence-electron chi connectivity index (χ4n) is 2.66. The number of Topliss-reactive ketones (excluding diaryl/α,β-unsaturated/α-hetero) is 1. The van der Waals surface area contributed by atoms with E-state index in [0.29, 0.717) is 6.42 Å². The third-order valence-corrected chi connectivity index (χ3v) is 3.81. The summed E-state index contributed by atoms with van der Waals surface area (Å²) in [7, 11) is 0. The van der Waals surface area contributed by atoms with Crippen molar-refractivity contribution in [2.45, 2.75) is 57.7 Å². The summed E-state index contributed by atoms with van der Waals surface area (Å²) in [6, 6.07) is 0. The van der Waals surface area contributed by atoms with Crippen molar-refractivity contribution in [2.24, 2.45) is 11.8 Å². The molecule has 19 heavy (non-hydrogen) atoms. The first-order valence-electron chi connectivity index (χ1n) is 7.28. The first kappa shape index (κ1) is 16.1. The number of carbonyl (C=O) groups excluding carboxylic acids is 1. The first-order valence-corrected chi connectivity index (χ1v) is 7.28. The number of rotatable bonds is 8. The Bertz CT molecular complexity index is 322. The zero-order chi connectivity index (χ0) is 14.3. The Morgan fingerprint density at radius 2 is 2.21 bits per heavy atom. The van der Waals surface area contributed by atoms with Gasteiger partial charge in [0, 0.05) is 18.3 Å². The number of unbranched alkanes of at least 4 members (excludes halogenated alkanes) is 2. The summed E-state index contributed by atoms with van der Waals surface area (Å²) in [5, 5.41) is 19.7. The molecular weight excluding hydrogens is 240 g/mol. The van der Waals surface area contributed by atoms with Crippen LogP contribution in [0.4, 0.5) is 0 Å². The summed E-state index contributed by atoms with van der Waals surface area (Å²) in [4.78, 5) is 11.7. The molecule has 0 bridgehead atoms. The van der Waals surface area contributed by atoms with Crippen LogP contribution in [-0.2, 0) is 4.79 Å². The first-order chi connectivity index (χ1) is 9.10. The van der Waals surface area contributed by atoms with Crippen molar-refractivity contribution in [3.05, 3.63) is 24.8 Å². The van der Waals surface area contributed by atoms with Crippen LogP contribution in [0.1, 0.15) is 45.4 Å². The number of aliphatic hydroxyl groups is 2. The molecule has 1 saturated carbocycles. The number of carbonyl (C=O) groups is 1. The van der Waals surface area contributed by atoms with Gasteiger partial charge in [-0.15, -0.1) is 6.58 Å². The van der Waals surface area contributed by atoms with Crippen LogP contribution in [0, 0.1) is 11.8 Å². The standard InChI is InChI=1S/C16H26O3/c1-3-5-6-8-12(17)9-10-14-13(7-4-2)15(18)11-16(14)19/h4,9-10,12-14,16-17,19H,2-3,5-8,11H2,1H3/b10-9+/t12-,13?,14?,16?/m0/s1. The Labute approximate surface area is 116 Å². The minimum Gasteiger partial charge on any atom is -0.392 e. The number of ketones is 1. The van der Waals surface area contributed by atoms with Crippen molar-refractivity contribution in [3.63, 3.8) is 0 Å². The smallest absolute Gasteiger partial charge is 0.139 e. The molecule has 0 aromatic rings. The lowest BCUT2D eigenvalue weighted by atomic mass is 9.90. The van der Waals surface area contributed by atoms with Gasteiger partial charge in [-0.25, -0.2) is 0 Å². The van der Waals surface area contributed by atoms with Crippen molar-refractivity contribution in [1.29, 1.82) is 0 Å². The lowest BCUT2D eigenvalue weighted by Crippen LogP contribution is -2.18. The molecular formula is C16H26O3. The van der Waals surface area contributed by atoms with E-state index in [0.717, 1.165) is 25.7 Å². The maximum absolute atomic E-state index is 11.7. The zero-order valence-electron chi connectivity index (χ0n) is 11.8. The Hall–Kier alpha value is -0.930. The van der Waals surface area contributed by atoms with Gasteiger partial charge in [-0.1, -0.05) is 44.4 Å². The van der Waals surface area contributed by atoms with Gasteiger partial charge in [-0.3, -0.25) is 4.79 Å². The maximum atomic E-state index is 11.7. The van der Waals surface area contributed by atoms with E-state index >= 15 is 0 Å². The lowest BCUT2D eigenvalue weighted by Gasteiger charge is -2.16. The summed E-state index contributed by atoms with van der Waals surface area (Å²) < 4.78 is 0. The van der Waals surface area contributed by atoms with Crippen LogP contribution in [0.5, 0.6) is 0 Å². The van der Waals surface area contributed by atoms with Gasteiger partial charge < -0.3 is 10.2 Å². The van der Waals surface area contributed by atoms with Gasteiger partial charge in [-0.2, -0.15) is 0 Å². The fourth-order valence-corrected chi connectivity index (χ4v) is 2.66. The Balaban J connectivity index is 2.52. The normalized spacial score (nSPS) is 29.0. The molecule has 0 spiro atoms. The fraction of sp³-hybridized carbons (Fsp3) is 0.688. The van der Waals surface area contributed by atoms with Gasteiger partial charge in [0.25, 0.3) is 0 Å². The number of aliphatic hydroxyl groups excluding tert-OH is 2. The van der Waals surface area contributed by atoms with E-state index in [4.69, 9.17) is 0 Å². The molecule has 0 radical (unpaired) electrons. The van der Waals surface area contributed by atoms with Crippen LogP contribution in [0.25, 0.3) is 0 Å². The molecule has 1 rings (SSSR count). The van der Waals surface area contributed by atoms with Crippen LogP contribution in [-0.4, -0.2) is 28.2 Å². The monoisotopic (exact) mass is 266 g/mol. The summed E-state index contributed by atoms with van der Waals surface area (Å²) in [6.45, 7) is 5.78. The van der Waals surface area contributed by atoms with E-state index in [-0.39, 0.29) is 24.0 Å². The lowest BCUT2D eigenvalue weighted by molar-refractivity contribution is -0.121. The predicted octanol–water partition coefficient (Wildman–Crippen LogP) is 2.63. The molecule has 0 amide bonds. The van der Waals surface area contributed by atoms with E-state index in [9.17, 15) is 15.0 Å². The molecule has 0 heterocycles. The van der Waals surface area contributed by atoms with Gasteiger partial charge in [-0.05, 0) is 12.8 Å². The van der Waals surface area contributed by atoms with Crippen LogP contribution in [0.15, 0.2) is 24.8 Å². The molecule has 0 aliphatic heterocycles. The third-order valence-electron chi connectivity index (χ3n) is 3.81. The van der Waals surface area contributed by atoms with Gasteiger partial charge in [0.15, 0.2) is 0 Å². The highest BCUT2D eigenvalue weighted by Gasteiger charge is 2.38. The SMILES string of the molecule is C=CCC1C(=O)CC(O)C1/C=C/[C@@H](O)CCCCC. The molecule has 0 saturated heterocycles. The van der Waals surface area contributed by atoms with E-state index < -0.39 is 12.2 Å². The van der Waals surface area contributed by atoms with E-state index in [2.05, 4.69) is 13.5 Å². The predicted molar refractivity (Wildman–Crippen MR) is 76.7 cm³/mol.